The standard InChI is InChI=1S/C19H27N3OS/c1-13(2)22-17-10-6-5-9-16(17)20-18(22)15-8-7-11-21(12-15)19(23)14(3)24-4/h5-6,9-10,13-15H,7-8,11-12H2,1-4H3. The lowest BCUT2D eigenvalue weighted by Gasteiger charge is -2.34. The first-order chi connectivity index (χ1) is 11.5. The number of amides is 1. The van der Waals surface area contributed by atoms with Gasteiger partial charge in [0, 0.05) is 25.0 Å². The number of hydrogen-bond acceptors (Lipinski definition) is 3. The SMILES string of the molecule is CSC(C)C(=O)N1CCCC(c2nc3ccccc3n2C(C)C)C1. The molecule has 1 aromatic heterocycles. The van der Waals surface area contributed by atoms with Crippen LogP contribution in [-0.4, -0.2) is 45.0 Å². The summed E-state index contributed by atoms with van der Waals surface area (Å²) in [6, 6.07) is 8.71. The normalized spacial score (nSPS) is 19.9. The lowest BCUT2D eigenvalue weighted by Crippen LogP contribution is -2.43. The van der Waals surface area contributed by atoms with Gasteiger partial charge < -0.3 is 9.47 Å². The van der Waals surface area contributed by atoms with Crippen LogP contribution in [0.2, 0.25) is 0 Å². The van der Waals surface area contributed by atoms with Crippen LogP contribution < -0.4 is 0 Å². The minimum absolute atomic E-state index is 0.0349. The van der Waals surface area contributed by atoms with Gasteiger partial charge in [0.15, 0.2) is 0 Å². The molecule has 1 saturated heterocycles. The molecular formula is C19H27N3OS. The summed E-state index contributed by atoms with van der Waals surface area (Å²) >= 11 is 1.62. The first-order valence-corrected chi connectivity index (χ1v) is 10.1. The fourth-order valence-corrected chi connectivity index (χ4v) is 3.99. The van der Waals surface area contributed by atoms with Gasteiger partial charge in [-0.1, -0.05) is 12.1 Å². The summed E-state index contributed by atoms with van der Waals surface area (Å²) in [5, 5.41) is 0.0349. The third kappa shape index (κ3) is 3.18. The van der Waals surface area contributed by atoms with Gasteiger partial charge in [0.2, 0.25) is 5.91 Å². The molecule has 0 radical (unpaired) electrons. The van der Waals surface area contributed by atoms with Crippen LogP contribution in [0, 0.1) is 0 Å². The summed E-state index contributed by atoms with van der Waals surface area (Å²) < 4.78 is 2.35. The highest BCUT2D eigenvalue weighted by atomic mass is 32.2. The van der Waals surface area contributed by atoms with Crippen LogP contribution >= 0.6 is 11.8 Å². The molecule has 0 aliphatic carbocycles. The number of likely N-dealkylation sites (tertiary alicyclic amines) is 1. The molecule has 1 aliphatic heterocycles. The molecular weight excluding hydrogens is 318 g/mol. The Morgan fingerprint density at radius 3 is 2.75 bits per heavy atom. The van der Waals surface area contributed by atoms with E-state index < -0.39 is 0 Å². The largest absolute Gasteiger partial charge is 0.341 e. The quantitative estimate of drug-likeness (QED) is 0.838. The average molecular weight is 346 g/mol. The number of thioether (sulfide) groups is 1. The van der Waals surface area contributed by atoms with Crippen molar-refractivity contribution in [3.8, 4) is 0 Å². The lowest BCUT2D eigenvalue weighted by atomic mass is 9.96. The van der Waals surface area contributed by atoms with E-state index in [1.807, 2.05) is 24.1 Å². The van der Waals surface area contributed by atoms with Crippen LogP contribution in [0.3, 0.4) is 0 Å². The van der Waals surface area contributed by atoms with E-state index in [1.54, 1.807) is 11.8 Å². The number of benzene rings is 1. The summed E-state index contributed by atoms with van der Waals surface area (Å²) in [4.78, 5) is 19.6. The average Bonchev–Trinajstić information content (AvgIpc) is 3.00. The molecule has 3 rings (SSSR count). The van der Waals surface area contributed by atoms with Gasteiger partial charge in [0.05, 0.1) is 16.3 Å². The van der Waals surface area contributed by atoms with Crippen LogP contribution in [0.15, 0.2) is 24.3 Å². The number of imidazole rings is 1. The molecule has 1 fully saturated rings. The van der Waals surface area contributed by atoms with Crippen LogP contribution in [0.1, 0.15) is 51.4 Å². The van der Waals surface area contributed by atoms with Crippen LogP contribution in [0.4, 0.5) is 0 Å². The first kappa shape index (κ1) is 17.3. The number of nitrogens with zero attached hydrogens (tertiary/aromatic N) is 3. The van der Waals surface area contributed by atoms with Crippen molar-refractivity contribution in [1.29, 1.82) is 0 Å². The Kier molecular flexibility index (Phi) is 5.18. The Balaban J connectivity index is 1.92. The summed E-state index contributed by atoms with van der Waals surface area (Å²) in [7, 11) is 0. The van der Waals surface area contributed by atoms with Crippen molar-refractivity contribution >= 4 is 28.7 Å². The number of hydrogen-bond donors (Lipinski definition) is 0. The molecule has 0 spiro atoms. The second kappa shape index (κ2) is 7.18. The van der Waals surface area contributed by atoms with Crippen LogP contribution in [-0.2, 0) is 4.79 Å². The molecule has 5 heteroatoms. The molecule has 0 N–H and O–H groups in total. The van der Waals surface area contributed by atoms with Gasteiger partial charge in [-0.2, -0.15) is 11.8 Å². The van der Waals surface area contributed by atoms with E-state index in [0.29, 0.717) is 12.0 Å². The van der Waals surface area contributed by atoms with Gasteiger partial charge >= 0.3 is 0 Å². The number of carbonyl (C=O) groups excluding carboxylic acids is 1. The summed E-state index contributed by atoms with van der Waals surface area (Å²) in [6.45, 7) is 8.08. The zero-order chi connectivity index (χ0) is 17.3. The minimum atomic E-state index is 0.0349. The minimum Gasteiger partial charge on any atom is -0.341 e. The zero-order valence-electron chi connectivity index (χ0n) is 15.0. The van der Waals surface area contributed by atoms with E-state index >= 15 is 0 Å². The Morgan fingerprint density at radius 1 is 1.29 bits per heavy atom. The monoisotopic (exact) mass is 345 g/mol. The highest BCUT2D eigenvalue weighted by Crippen LogP contribution is 2.32. The maximum Gasteiger partial charge on any atom is 0.235 e. The molecule has 1 aromatic carbocycles. The zero-order valence-corrected chi connectivity index (χ0v) is 15.8. The highest BCUT2D eigenvalue weighted by Gasteiger charge is 2.30. The third-order valence-electron chi connectivity index (χ3n) is 4.94. The van der Waals surface area contributed by atoms with Crippen molar-refractivity contribution in [2.75, 3.05) is 19.3 Å². The van der Waals surface area contributed by atoms with Gasteiger partial charge in [-0.3, -0.25) is 4.79 Å². The lowest BCUT2D eigenvalue weighted by molar-refractivity contribution is -0.131. The summed E-state index contributed by atoms with van der Waals surface area (Å²) in [6.07, 6.45) is 4.16. The van der Waals surface area contributed by atoms with E-state index in [2.05, 4.69) is 36.6 Å². The smallest absolute Gasteiger partial charge is 0.235 e. The topological polar surface area (TPSA) is 38.1 Å². The fraction of sp³-hybridized carbons (Fsp3) is 0.579. The van der Waals surface area contributed by atoms with Crippen molar-refractivity contribution in [2.45, 2.75) is 50.8 Å². The fourth-order valence-electron chi connectivity index (χ4n) is 3.64. The molecule has 4 nitrogen and oxygen atoms in total. The molecule has 1 aliphatic rings. The Labute approximate surface area is 148 Å². The molecule has 2 aromatic rings. The number of aromatic nitrogens is 2. The van der Waals surface area contributed by atoms with Crippen molar-refractivity contribution in [1.82, 2.24) is 14.5 Å². The Morgan fingerprint density at radius 2 is 2.04 bits per heavy atom. The highest BCUT2D eigenvalue weighted by molar-refractivity contribution is 7.99. The second-order valence-corrected chi connectivity index (χ2v) is 8.10. The van der Waals surface area contributed by atoms with Gasteiger partial charge in [-0.05, 0) is 52.0 Å². The molecule has 130 valence electrons. The molecule has 2 heterocycles. The molecule has 2 atom stereocenters. The predicted octanol–water partition coefficient (Wildman–Crippen LogP) is 4.07. The maximum absolute atomic E-state index is 12.6. The number of rotatable bonds is 4. The third-order valence-corrected chi connectivity index (χ3v) is 5.85. The Bertz CT molecular complexity index is 724. The number of para-hydroxylation sites is 2. The maximum atomic E-state index is 12.6. The molecule has 0 saturated carbocycles. The van der Waals surface area contributed by atoms with E-state index in [1.165, 1.54) is 5.52 Å². The Hall–Kier alpha value is -1.49. The van der Waals surface area contributed by atoms with Crippen molar-refractivity contribution in [2.24, 2.45) is 0 Å². The van der Waals surface area contributed by atoms with Gasteiger partial charge in [0.25, 0.3) is 0 Å². The van der Waals surface area contributed by atoms with E-state index in [-0.39, 0.29) is 11.2 Å². The van der Waals surface area contributed by atoms with Gasteiger partial charge in [-0.25, -0.2) is 4.98 Å². The number of fused-ring (bicyclic) bond motifs is 1. The summed E-state index contributed by atoms with van der Waals surface area (Å²) in [5.41, 5.74) is 2.26. The van der Waals surface area contributed by atoms with E-state index in [9.17, 15) is 4.79 Å². The van der Waals surface area contributed by atoms with Crippen molar-refractivity contribution in [3.05, 3.63) is 30.1 Å². The molecule has 1 amide bonds. The first-order valence-electron chi connectivity index (χ1n) is 8.81. The predicted molar refractivity (Wildman–Crippen MR) is 102 cm³/mol. The van der Waals surface area contributed by atoms with Crippen LogP contribution in [0.5, 0.6) is 0 Å². The van der Waals surface area contributed by atoms with E-state index in [0.717, 1.165) is 37.3 Å². The van der Waals surface area contributed by atoms with Crippen LogP contribution in [0.25, 0.3) is 11.0 Å². The van der Waals surface area contributed by atoms with E-state index in [4.69, 9.17) is 4.98 Å². The summed E-state index contributed by atoms with van der Waals surface area (Å²) in [5.74, 6) is 1.73. The van der Waals surface area contributed by atoms with Gasteiger partial charge in [-0.15, -0.1) is 0 Å². The molecule has 0 bridgehead atoms. The number of carbonyl (C=O) groups is 1. The molecule has 24 heavy (non-hydrogen) atoms. The van der Waals surface area contributed by atoms with Gasteiger partial charge in [0.1, 0.15) is 5.82 Å². The van der Waals surface area contributed by atoms with Crippen molar-refractivity contribution in [3.63, 3.8) is 0 Å². The van der Waals surface area contributed by atoms with Crippen molar-refractivity contribution < 1.29 is 4.79 Å². The number of piperidine rings is 1. The molecule has 2 unspecified atom stereocenters. The second-order valence-electron chi connectivity index (χ2n) is 6.92.